The third kappa shape index (κ3) is 7.71. The molecule has 8 nitrogen and oxygen atoms in total. The molecule has 1 aromatic carbocycles. The fourth-order valence-corrected chi connectivity index (χ4v) is 3.21. The first-order valence-corrected chi connectivity index (χ1v) is 10.7. The second-order valence-electron chi connectivity index (χ2n) is 8.87. The van der Waals surface area contributed by atoms with Gasteiger partial charge in [-0.2, -0.15) is 0 Å². The van der Waals surface area contributed by atoms with Gasteiger partial charge in [-0.1, -0.05) is 0 Å². The first kappa shape index (κ1) is 26.1. The summed E-state index contributed by atoms with van der Waals surface area (Å²) in [6.45, 7) is 7.54. The van der Waals surface area contributed by atoms with Crippen molar-refractivity contribution in [2.24, 2.45) is 0 Å². The number of rotatable bonds is 8. The molecule has 1 amide bonds. The Morgan fingerprint density at radius 1 is 1.24 bits per heavy atom. The topological polar surface area (TPSA) is 107 Å². The number of hydrogen-bond acceptors (Lipinski definition) is 7. The number of carbonyl (C=O) groups excluding carboxylic acids is 2. The lowest BCUT2D eigenvalue weighted by atomic mass is 10.0. The van der Waals surface area contributed by atoms with Crippen LogP contribution in [-0.4, -0.2) is 54.3 Å². The van der Waals surface area contributed by atoms with Crippen molar-refractivity contribution in [3.05, 3.63) is 48.0 Å². The fourth-order valence-electron chi connectivity index (χ4n) is 3.21. The van der Waals surface area contributed by atoms with Gasteiger partial charge in [-0.3, -0.25) is 14.7 Å². The molecule has 2 aromatic rings. The van der Waals surface area contributed by atoms with Gasteiger partial charge in [0.15, 0.2) is 0 Å². The molecule has 9 heteroatoms. The molecule has 0 aliphatic rings. The molecular weight excluding hydrogens is 427 g/mol. The third-order valence-electron chi connectivity index (χ3n) is 5.13. The number of nitrogens with zero attached hydrogens (tertiary/aromatic N) is 2. The molecule has 0 aliphatic heterocycles. The molecule has 33 heavy (non-hydrogen) atoms. The highest BCUT2D eigenvalue weighted by atomic mass is 19.1. The highest BCUT2D eigenvalue weighted by molar-refractivity contribution is 5.76. The van der Waals surface area contributed by atoms with Gasteiger partial charge in [0.25, 0.3) is 0 Å². The monoisotopic (exact) mass is 460 g/mol. The molecule has 1 aromatic heterocycles. The normalized spacial score (nSPS) is 13.3. The molecular formula is C24H33FN4O4. The fraction of sp³-hybridized carbons (Fsp3) is 0.458. The van der Waals surface area contributed by atoms with E-state index in [4.69, 9.17) is 15.2 Å². The van der Waals surface area contributed by atoms with Gasteiger partial charge in [0.2, 0.25) is 0 Å². The summed E-state index contributed by atoms with van der Waals surface area (Å²) >= 11 is 0. The summed E-state index contributed by atoms with van der Waals surface area (Å²) in [4.78, 5) is 30.6. The third-order valence-corrected chi connectivity index (χ3v) is 5.13. The number of anilines is 1. The van der Waals surface area contributed by atoms with Crippen LogP contribution in [0.5, 0.6) is 0 Å². The molecule has 0 fully saturated rings. The maximum absolute atomic E-state index is 13.8. The Morgan fingerprint density at radius 3 is 2.58 bits per heavy atom. The number of hydrogen-bond donors (Lipinski definition) is 2. The molecule has 0 saturated carbocycles. The van der Waals surface area contributed by atoms with Crippen LogP contribution in [0.1, 0.15) is 45.9 Å². The predicted octanol–water partition coefficient (Wildman–Crippen LogP) is 3.92. The average molecular weight is 461 g/mol. The number of alkyl carbamates (subject to hydrolysis) is 1. The van der Waals surface area contributed by atoms with E-state index in [1.54, 1.807) is 53.1 Å². The SMILES string of the molecule is COC(=O)[C@H](C)N(C)CC[C@H](NC(=O)OC(C)(C)C)c1cc(-c2cc(F)ccc2N)ccn1. The second kappa shape index (κ2) is 11.1. The number of carbonyl (C=O) groups is 2. The maximum atomic E-state index is 13.8. The number of ether oxygens (including phenoxy) is 2. The lowest BCUT2D eigenvalue weighted by Gasteiger charge is -2.27. The highest BCUT2D eigenvalue weighted by Crippen LogP contribution is 2.29. The minimum Gasteiger partial charge on any atom is -0.468 e. The molecule has 180 valence electrons. The number of methoxy groups -OCH3 is 1. The first-order chi connectivity index (χ1) is 15.4. The van der Waals surface area contributed by atoms with Crippen molar-refractivity contribution >= 4 is 17.7 Å². The number of pyridine rings is 1. The van der Waals surface area contributed by atoms with E-state index in [0.29, 0.717) is 35.5 Å². The quantitative estimate of drug-likeness (QED) is 0.454. The molecule has 0 radical (unpaired) electrons. The number of nitrogen functional groups attached to an aromatic ring is 1. The molecule has 3 N–H and O–H groups in total. The van der Waals surface area contributed by atoms with E-state index in [9.17, 15) is 14.0 Å². The number of amides is 1. The van der Waals surface area contributed by atoms with E-state index in [2.05, 4.69) is 10.3 Å². The van der Waals surface area contributed by atoms with E-state index in [-0.39, 0.29) is 5.97 Å². The summed E-state index contributed by atoms with van der Waals surface area (Å²) in [6.07, 6.45) is 1.43. The van der Waals surface area contributed by atoms with Gasteiger partial charge in [-0.25, -0.2) is 9.18 Å². The zero-order valence-corrected chi connectivity index (χ0v) is 20.0. The van der Waals surface area contributed by atoms with Crippen molar-refractivity contribution in [2.75, 3.05) is 26.4 Å². The van der Waals surface area contributed by atoms with E-state index in [0.717, 1.165) is 0 Å². The molecule has 0 spiro atoms. The van der Waals surface area contributed by atoms with E-state index in [1.807, 2.05) is 4.90 Å². The van der Waals surface area contributed by atoms with Crippen LogP contribution in [0.4, 0.5) is 14.9 Å². The van der Waals surface area contributed by atoms with Crippen LogP contribution >= 0.6 is 0 Å². The zero-order valence-electron chi connectivity index (χ0n) is 20.0. The molecule has 0 aliphatic carbocycles. The molecule has 0 bridgehead atoms. The first-order valence-electron chi connectivity index (χ1n) is 10.7. The number of nitrogens with two attached hydrogens (primary N) is 1. The second-order valence-corrected chi connectivity index (χ2v) is 8.87. The number of benzene rings is 1. The van der Waals surface area contributed by atoms with Crippen LogP contribution in [0.3, 0.4) is 0 Å². The molecule has 2 atom stereocenters. The van der Waals surface area contributed by atoms with Gasteiger partial charge < -0.3 is 20.5 Å². The lowest BCUT2D eigenvalue weighted by Crippen LogP contribution is -2.40. The van der Waals surface area contributed by atoms with Crippen molar-refractivity contribution in [3.8, 4) is 11.1 Å². The van der Waals surface area contributed by atoms with Gasteiger partial charge in [-0.05, 0) is 77.1 Å². The van der Waals surface area contributed by atoms with Crippen LogP contribution in [0.2, 0.25) is 0 Å². The largest absolute Gasteiger partial charge is 0.468 e. The van der Waals surface area contributed by atoms with Gasteiger partial charge in [-0.15, -0.1) is 0 Å². The molecule has 1 heterocycles. The van der Waals surface area contributed by atoms with Crippen LogP contribution in [0.25, 0.3) is 11.1 Å². The number of likely N-dealkylation sites (N-methyl/N-ethyl adjacent to an activating group) is 1. The Hall–Kier alpha value is -3.20. The van der Waals surface area contributed by atoms with Gasteiger partial charge in [0.1, 0.15) is 17.5 Å². The van der Waals surface area contributed by atoms with Crippen LogP contribution < -0.4 is 11.1 Å². The Morgan fingerprint density at radius 2 is 1.94 bits per heavy atom. The minimum atomic E-state index is -0.671. The summed E-state index contributed by atoms with van der Waals surface area (Å²) in [5, 5.41) is 2.86. The Labute approximate surface area is 194 Å². The van der Waals surface area contributed by atoms with E-state index >= 15 is 0 Å². The number of nitrogens with one attached hydrogen (secondary N) is 1. The van der Waals surface area contributed by atoms with Crippen molar-refractivity contribution in [3.63, 3.8) is 0 Å². The summed E-state index contributed by atoms with van der Waals surface area (Å²) < 4.78 is 24.0. The van der Waals surface area contributed by atoms with Crippen molar-refractivity contribution < 1.29 is 23.5 Å². The number of aromatic nitrogens is 1. The summed E-state index contributed by atoms with van der Waals surface area (Å²) in [6, 6.07) is 6.67. The van der Waals surface area contributed by atoms with Crippen molar-refractivity contribution in [1.82, 2.24) is 15.2 Å². The lowest BCUT2D eigenvalue weighted by molar-refractivity contribution is -0.145. The summed E-state index contributed by atoms with van der Waals surface area (Å²) in [5.41, 5.74) is 7.56. The Kier molecular flexibility index (Phi) is 8.76. The van der Waals surface area contributed by atoms with Crippen molar-refractivity contribution in [1.29, 1.82) is 0 Å². The van der Waals surface area contributed by atoms with Crippen LogP contribution in [0, 0.1) is 5.82 Å². The average Bonchev–Trinajstić information content (AvgIpc) is 2.75. The molecule has 2 rings (SSSR count). The summed E-state index contributed by atoms with van der Waals surface area (Å²) in [5.74, 6) is -0.754. The van der Waals surface area contributed by atoms with E-state index < -0.39 is 29.6 Å². The maximum Gasteiger partial charge on any atom is 0.408 e. The smallest absolute Gasteiger partial charge is 0.408 e. The predicted molar refractivity (Wildman–Crippen MR) is 125 cm³/mol. The summed E-state index contributed by atoms with van der Waals surface area (Å²) in [7, 11) is 3.14. The standard InChI is InChI=1S/C24H33FN4O4/c1-15(22(30)32-6)29(5)12-10-20(28-23(31)33-24(2,3)4)21-13-16(9-11-27-21)18-14-17(25)7-8-19(18)26/h7-9,11,13-15,20H,10,12,26H2,1-6H3,(H,28,31)/t15-,20-/m0/s1. The molecule has 0 saturated heterocycles. The van der Waals surface area contributed by atoms with Gasteiger partial charge >= 0.3 is 12.1 Å². The minimum absolute atomic E-state index is 0.351. The van der Waals surface area contributed by atoms with Gasteiger partial charge in [0.05, 0.1) is 18.8 Å². The van der Waals surface area contributed by atoms with Crippen molar-refractivity contribution in [2.45, 2.75) is 51.8 Å². The van der Waals surface area contributed by atoms with Crippen LogP contribution in [-0.2, 0) is 14.3 Å². The van der Waals surface area contributed by atoms with Gasteiger partial charge in [0, 0.05) is 24.0 Å². The molecule has 0 unspecified atom stereocenters. The van der Waals surface area contributed by atoms with E-state index in [1.165, 1.54) is 25.3 Å². The number of halogens is 1. The highest BCUT2D eigenvalue weighted by Gasteiger charge is 2.24. The Bertz CT molecular complexity index is 977. The zero-order chi connectivity index (χ0) is 24.8. The number of esters is 1. The van der Waals surface area contributed by atoms with Crippen LogP contribution in [0.15, 0.2) is 36.5 Å². The Balaban J connectivity index is 2.31.